The maximum Gasteiger partial charge on any atom is 0.175 e. The molecule has 0 saturated heterocycles. The fourth-order valence-electron chi connectivity index (χ4n) is 3.21. The van der Waals surface area contributed by atoms with Crippen molar-refractivity contribution >= 4 is 32.8 Å². The van der Waals surface area contributed by atoms with Crippen LogP contribution in [0.1, 0.15) is 10.6 Å². The molecule has 0 spiro atoms. The van der Waals surface area contributed by atoms with Crippen molar-refractivity contribution < 1.29 is 17.5 Å². The first-order valence-corrected chi connectivity index (χ1v) is 12.7. The number of aryl methyl sites for hydroxylation is 1. The molecule has 3 aromatic carbocycles. The predicted molar refractivity (Wildman–Crippen MR) is 127 cm³/mol. The minimum absolute atomic E-state index is 0.236. The number of ether oxygens (including phenoxy) is 1. The van der Waals surface area contributed by atoms with E-state index in [9.17, 15) is 12.8 Å². The lowest BCUT2D eigenvalue weighted by atomic mass is 10.1. The molecule has 0 aliphatic rings. The van der Waals surface area contributed by atoms with Gasteiger partial charge in [-0.1, -0.05) is 23.7 Å². The van der Waals surface area contributed by atoms with E-state index in [2.05, 4.69) is 0 Å². The standard InChI is InChI=1S/C24H19ClFNO3S2/c1-15-11-18(25)13-20(12-15)30-14-22-27-23(16-3-7-19(26)8-4-16)24(31-22)17-5-9-21(10-6-17)32(2,28)29/h3-13H,14H2,1-2H3. The summed E-state index contributed by atoms with van der Waals surface area (Å²) in [7, 11) is -3.29. The number of benzene rings is 3. The van der Waals surface area contributed by atoms with Crippen LogP contribution in [0.25, 0.3) is 21.7 Å². The van der Waals surface area contributed by atoms with E-state index in [1.54, 1.807) is 42.5 Å². The Bertz CT molecular complexity index is 1350. The number of hydrogen-bond acceptors (Lipinski definition) is 5. The van der Waals surface area contributed by atoms with E-state index in [0.717, 1.165) is 26.6 Å². The van der Waals surface area contributed by atoms with Gasteiger partial charge < -0.3 is 4.74 Å². The molecule has 0 saturated carbocycles. The second kappa shape index (κ2) is 9.02. The Morgan fingerprint density at radius 2 is 1.66 bits per heavy atom. The van der Waals surface area contributed by atoms with Crippen LogP contribution in [-0.4, -0.2) is 19.7 Å². The van der Waals surface area contributed by atoms with Crippen LogP contribution in [0.5, 0.6) is 5.75 Å². The lowest BCUT2D eigenvalue weighted by Gasteiger charge is -2.05. The third kappa shape index (κ3) is 5.18. The molecule has 4 rings (SSSR count). The van der Waals surface area contributed by atoms with Crippen molar-refractivity contribution in [3.63, 3.8) is 0 Å². The van der Waals surface area contributed by atoms with Gasteiger partial charge >= 0.3 is 0 Å². The third-order valence-electron chi connectivity index (χ3n) is 4.71. The Kier molecular flexibility index (Phi) is 6.33. The summed E-state index contributed by atoms with van der Waals surface area (Å²) in [6, 6.07) is 18.2. The molecule has 0 radical (unpaired) electrons. The minimum atomic E-state index is -3.29. The smallest absolute Gasteiger partial charge is 0.175 e. The highest BCUT2D eigenvalue weighted by Gasteiger charge is 2.17. The molecule has 0 bridgehead atoms. The van der Waals surface area contributed by atoms with Crippen molar-refractivity contribution in [1.29, 1.82) is 0 Å². The lowest BCUT2D eigenvalue weighted by molar-refractivity contribution is 0.305. The third-order valence-corrected chi connectivity index (χ3v) is 7.14. The highest BCUT2D eigenvalue weighted by molar-refractivity contribution is 7.90. The normalized spacial score (nSPS) is 11.5. The van der Waals surface area contributed by atoms with Gasteiger partial charge in [0.1, 0.15) is 23.2 Å². The molecule has 0 aliphatic heterocycles. The largest absolute Gasteiger partial charge is 0.486 e. The monoisotopic (exact) mass is 487 g/mol. The molecule has 4 aromatic rings. The molecule has 0 aliphatic carbocycles. The Morgan fingerprint density at radius 3 is 2.28 bits per heavy atom. The molecule has 0 atom stereocenters. The molecule has 0 N–H and O–H groups in total. The second-order valence-corrected chi connectivity index (χ2v) is 10.9. The summed E-state index contributed by atoms with van der Waals surface area (Å²) in [5, 5.41) is 1.32. The van der Waals surface area contributed by atoms with Crippen molar-refractivity contribution in [3.05, 3.63) is 88.1 Å². The van der Waals surface area contributed by atoms with Gasteiger partial charge in [0.2, 0.25) is 0 Å². The van der Waals surface area contributed by atoms with Gasteiger partial charge in [-0.3, -0.25) is 0 Å². The van der Waals surface area contributed by atoms with E-state index in [0.29, 0.717) is 16.5 Å². The summed E-state index contributed by atoms with van der Waals surface area (Å²) in [6.07, 6.45) is 1.17. The van der Waals surface area contributed by atoms with Crippen LogP contribution < -0.4 is 4.74 Å². The van der Waals surface area contributed by atoms with Gasteiger partial charge in [0, 0.05) is 16.8 Å². The van der Waals surface area contributed by atoms with Crippen molar-refractivity contribution in [2.24, 2.45) is 0 Å². The molecule has 0 fully saturated rings. The van der Waals surface area contributed by atoms with Gasteiger partial charge in [-0.15, -0.1) is 11.3 Å². The summed E-state index contributed by atoms with van der Waals surface area (Å²) in [6.45, 7) is 2.17. The lowest BCUT2D eigenvalue weighted by Crippen LogP contribution is -1.96. The quantitative estimate of drug-likeness (QED) is 0.309. The van der Waals surface area contributed by atoms with Crippen LogP contribution in [0, 0.1) is 12.7 Å². The zero-order valence-electron chi connectivity index (χ0n) is 17.3. The van der Waals surface area contributed by atoms with Crippen LogP contribution >= 0.6 is 22.9 Å². The first-order chi connectivity index (χ1) is 15.2. The van der Waals surface area contributed by atoms with Gasteiger partial charge in [0.15, 0.2) is 9.84 Å². The molecule has 32 heavy (non-hydrogen) atoms. The number of hydrogen-bond donors (Lipinski definition) is 0. The summed E-state index contributed by atoms with van der Waals surface area (Å²) in [4.78, 5) is 5.83. The maximum atomic E-state index is 13.5. The van der Waals surface area contributed by atoms with Crippen molar-refractivity contribution in [1.82, 2.24) is 4.98 Å². The number of nitrogens with zero attached hydrogens (tertiary/aromatic N) is 1. The fraction of sp³-hybridized carbons (Fsp3) is 0.125. The van der Waals surface area contributed by atoms with Crippen LogP contribution in [0.15, 0.2) is 71.6 Å². The van der Waals surface area contributed by atoms with E-state index in [1.165, 1.54) is 29.7 Å². The molecule has 0 unspecified atom stereocenters. The van der Waals surface area contributed by atoms with Crippen molar-refractivity contribution in [2.75, 3.05) is 6.26 Å². The SMILES string of the molecule is Cc1cc(Cl)cc(OCc2nc(-c3ccc(F)cc3)c(-c3ccc(S(C)(=O)=O)cc3)s2)c1. The zero-order valence-corrected chi connectivity index (χ0v) is 19.7. The molecule has 4 nitrogen and oxygen atoms in total. The van der Waals surface area contributed by atoms with Crippen LogP contribution in [0.4, 0.5) is 4.39 Å². The van der Waals surface area contributed by atoms with Gasteiger partial charge in [0.05, 0.1) is 15.5 Å². The number of rotatable bonds is 6. The van der Waals surface area contributed by atoms with E-state index >= 15 is 0 Å². The number of aromatic nitrogens is 1. The number of halogens is 2. The van der Waals surface area contributed by atoms with Crippen molar-refractivity contribution in [2.45, 2.75) is 18.4 Å². The number of thiazole rings is 1. The van der Waals surface area contributed by atoms with Gasteiger partial charge in [-0.2, -0.15) is 0 Å². The molecule has 1 aromatic heterocycles. The minimum Gasteiger partial charge on any atom is -0.486 e. The fourth-order valence-corrected chi connectivity index (χ4v) is 5.12. The van der Waals surface area contributed by atoms with Gasteiger partial charge in [-0.05, 0) is 72.6 Å². The molecule has 164 valence electrons. The Balaban J connectivity index is 1.70. The molecule has 0 amide bonds. The average Bonchev–Trinajstić information content (AvgIpc) is 3.16. The Hall–Kier alpha value is -2.74. The molecular weight excluding hydrogens is 469 g/mol. The Labute approximate surface area is 195 Å². The first-order valence-electron chi connectivity index (χ1n) is 9.65. The Morgan fingerprint density at radius 1 is 1.00 bits per heavy atom. The summed E-state index contributed by atoms with van der Waals surface area (Å²) < 4.78 is 43.0. The number of sulfone groups is 1. The molecular formula is C24H19ClFNO3S2. The summed E-state index contributed by atoms with van der Waals surface area (Å²) in [5.74, 6) is 0.315. The van der Waals surface area contributed by atoms with E-state index in [1.807, 2.05) is 19.1 Å². The summed E-state index contributed by atoms with van der Waals surface area (Å²) >= 11 is 7.55. The van der Waals surface area contributed by atoms with Crippen LogP contribution in [0.2, 0.25) is 5.02 Å². The van der Waals surface area contributed by atoms with Gasteiger partial charge in [-0.25, -0.2) is 17.8 Å². The predicted octanol–water partition coefficient (Wildman–Crippen LogP) is 6.56. The topological polar surface area (TPSA) is 56.3 Å². The highest BCUT2D eigenvalue weighted by Crippen LogP contribution is 2.38. The van der Waals surface area contributed by atoms with Gasteiger partial charge in [0.25, 0.3) is 0 Å². The second-order valence-electron chi connectivity index (χ2n) is 7.34. The van der Waals surface area contributed by atoms with E-state index < -0.39 is 9.84 Å². The zero-order chi connectivity index (χ0) is 22.9. The molecule has 1 heterocycles. The van der Waals surface area contributed by atoms with E-state index in [4.69, 9.17) is 21.3 Å². The maximum absolute atomic E-state index is 13.5. The first kappa shape index (κ1) is 22.5. The van der Waals surface area contributed by atoms with Crippen LogP contribution in [0.3, 0.4) is 0 Å². The molecule has 8 heteroatoms. The van der Waals surface area contributed by atoms with E-state index in [-0.39, 0.29) is 17.3 Å². The average molecular weight is 488 g/mol. The highest BCUT2D eigenvalue weighted by atomic mass is 35.5. The summed E-state index contributed by atoms with van der Waals surface area (Å²) in [5.41, 5.74) is 3.25. The van der Waals surface area contributed by atoms with Crippen molar-refractivity contribution in [3.8, 4) is 27.4 Å². The van der Waals surface area contributed by atoms with Crippen LogP contribution in [-0.2, 0) is 16.4 Å².